The molecule has 6 nitrogen and oxygen atoms in total. The van der Waals surface area contributed by atoms with Gasteiger partial charge in [0, 0.05) is 5.56 Å². The van der Waals surface area contributed by atoms with Gasteiger partial charge in [0.2, 0.25) is 4.96 Å². The Labute approximate surface area is 106 Å². The van der Waals surface area contributed by atoms with E-state index in [2.05, 4.69) is 20.6 Å². The highest BCUT2D eigenvalue weighted by molar-refractivity contribution is 7.16. The normalized spacial score (nSPS) is 10.7. The maximum Gasteiger partial charge on any atom is 0.251 e. The minimum absolute atomic E-state index is 0.110. The van der Waals surface area contributed by atoms with Crippen LogP contribution in [0.5, 0.6) is 0 Å². The third-order valence-corrected chi connectivity index (χ3v) is 3.28. The Morgan fingerprint density at radius 2 is 2.17 bits per heavy atom. The van der Waals surface area contributed by atoms with Crippen molar-refractivity contribution in [2.75, 3.05) is 0 Å². The highest BCUT2D eigenvalue weighted by Gasteiger charge is 2.08. The Balaban J connectivity index is 1.68. The Morgan fingerprint density at radius 1 is 1.33 bits per heavy atom. The van der Waals surface area contributed by atoms with Crippen LogP contribution in [0.2, 0.25) is 0 Å². The van der Waals surface area contributed by atoms with Gasteiger partial charge in [0.25, 0.3) is 5.91 Å². The zero-order valence-corrected chi connectivity index (χ0v) is 10.1. The third-order valence-electron chi connectivity index (χ3n) is 2.36. The van der Waals surface area contributed by atoms with Crippen molar-refractivity contribution in [2.45, 2.75) is 6.54 Å². The van der Waals surface area contributed by atoms with Gasteiger partial charge < -0.3 is 5.32 Å². The first-order valence-corrected chi connectivity index (χ1v) is 6.13. The first kappa shape index (κ1) is 10.8. The summed E-state index contributed by atoms with van der Waals surface area (Å²) in [7, 11) is 0. The molecular weight excluding hydrogens is 250 g/mol. The summed E-state index contributed by atoms with van der Waals surface area (Å²) in [5.41, 5.74) is 0.639. The van der Waals surface area contributed by atoms with Crippen LogP contribution in [-0.2, 0) is 6.54 Å². The molecule has 3 rings (SSSR count). The van der Waals surface area contributed by atoms with Gasteiger partial charge in [0.05, 0.1) is 6.54 Å². The van der Waals surface area contributed by atoms with Crippen LogP contribution in [0.3, 0.4) is 0 Å². The standard InChI is InChI=1S/C11H9N5OS/c17-10(8-4-2-1-3-5-8)12-6-9-15-16-7-13-14-11(16)18-9/h1-5,7H,6H2,(H,12,17). The van der Waals surface area contributed by atoms with Crippen molar-refractivity contribution < 1.29 is 4.79 Å². The molecule has 0 saturated heterocycles. The van der Waals surface area contributed by atoms with Crippen molar-refractivity contribution in [3.8, 4) is 0 Å². The van der Waals surface area contributed by atoms with Crippen LogP contribution >= 0.6 is 11.3 Å². The summed E-state index contributed by atoms with van der Waals surface area (Å²) >= 11 is 1.40. The predicted molar refractivity (Wildman–Crippen MR) is 66.3 cm³/mol. The van der Waals surface area contributed by atoms with Crippen LogP contribution < -0.4 is 5.32 Å². The molecule has 3 aromatic rings. The molecule has 0 fully saturated rings. The van der Waals surface area contributed by atoms with E-state index in [9.17, 15) is 4.79 Å². The summed E-state index contributed by atoms with van der Waals surface area (Å²) in [4.78, 5) is 12.5. The van der Waals surface area contributed by atoms with Crippen molar-refractivity contribution in [1.29, 1.82) is 0 Å². The van der Waals surface area contributed by atoms with E-state index >= 15 is 0 Å². The van der Waals surface area contributed by atoms with E-state index < -0.39 is 0 Å². The van der Waals surface area contributed by atoms with Gasteiger partial charge in [0.1, 0.15) is 11.3 Å². The molecule has 7 heteroatoms. The number of carbonyl (C=O) groups is 1. The van der Waals surface area contributed by atoms with Crippen molar-refractivity contribution in [2.24, 2.45) is 0 Å². The summed E-state index contributed by atoms with van der Waals surface area (Å²) in [6, 6.07) is 9.08. The summed E-state index contributed by atoms with van der Waals surface area (Å²) in [5.74, 6) is -0.110. The molecule has 2 heterocycles. The fourth-order valence-corrected chi connectivity index (χ4v) is 2.27. The lowest BCUT2D eigenvalue weighted by Gasteiger charge is -2.01. The van der Waals surface area contributed by atoms with Crippen LogP contribution in [0, 0.1) is 0 Å². The van der Waals surface area contributed by atoms with Crippen molar-refractivity contribution in [3.05, 3.63) is 47.2 Å². The Morgan fingerprint density at radius 3 is 2.94 bits per heavy atom. The van der Waals surface area contributed by atoms with E-state index in [1.165, 1.54) is 17.7 Å². The number of aromatic nitrogens is 4. The molecule has 90 valence electrons. The molecule has 18 heavy (non-hydrogen) atoms. The molecule has 0 bridgehead atoms. The number of nitrogens with one attached hydrogen (secondary N) is 1. The summed E-state index contributed by atoms with van der Waals surface area (Å²) < 4.78 is 1.59. The van der Waals surface area contributed by atoms with Gasteiger partial charge in [-0.25, -0.2) is 0 Å². The molecule has 0 saturated carbocycles. The molecule has 1 aromatic carbocycles. The second-order valence-corrected chi connectivity index (χ2v) is 4.64. The van der Waals surface area contributed by atoms with Gasteiger partial charge >= 0.3 is 0 Å². The molecule has 1 amide bonds. The quantitative estimate of drug-likeness (QED) is 0.765. The molecular formula is C11H9N5OS. The van der Waals surface area contributed by atoms with Gasteiger partial charge in [-0.1, -0.05) is 29.5 Å². The van der Waals surface area contributed by atoms with Crippen LogP contribution in [0.4, 0.5) is 0 Å². The first-order chi connectivity index (χ1) is 8.83. The number of benzene rings is 1. The largest absolute Gasteiger partial charge is 0.345 e. The zero-order valence-electron chi connectivity index (χ0n) is 9.28. The average Bonchev–Trinajstić information content (AvgIpc) is 2.97. The molecule has 0 aliphatic heterocycles. The van der Waals surface area contributed by atoms with Gasteiger partial charge in [-0.3, -0.25) is 4.79 Å². The Kier molecular flexibility index (Phi) is 2.73. The van der Waals surface area contributed by atoms with E-state index in [-0.39, 0.29) is 5.91 Å². The lowest BCUT2D eigenvalue weighted by molar-refractivity contribution is 0.0951. The molecule has 0 spiro atoms. The van der Waals surface area contributed by atoms with E-state index in [0.29, 0.717) is 12.1 Å². The number of fused-ring (bicyclic) bond motifs is 1. The van der Waals surface area contributed by atoms with Crippen LogP contribution in [0.1, 0.15) is 15.4 Å². The monoisotopic (exact) mass is 259 g/mol. The third kappa shape index (κ3) is 2.07. The number of amides is 1. The number of hydrogen-bond donors (Lipinski definition) is 1. The van der Waals surface area contributed by atoms with E-state index in [0.717, 1.165) is 9.97 Å². The molecule has 0 aliphatic rings. The maximum atomic E-state index is 11.8. The molecule has 0 unspecified atom stereocenters. The number of carbonyl (C=O) groups excluding carboxylic acids is 1. The lowest BCUT2D eigenvalue weighted by Crippen LogP contribution is -2.22. The minimum atomic E-state index is -0.110. The molecule has 0 atom stereocenters. The summed E-state index contributed by atoms with van der Waals surface area (Å²) in [6.45, 7) is 0.391. The smallest absolute Gasteiger partial charge is 0.251 e. The molecule has 1 N–H and O–H groups in total. The van der Waals surface area contributed by atoms with Crippen molar-refractivity contribution >= 4 is 22.2 Å². The van der Waals surface area contributed by atoms with Gasteiger partial charge in [-0.2, -0.15) is 9.61 Å². The van der Waals surface area contributed by atoms with Gasteiger partial charge in [-0.15, -0.1) is 10.2 Å². The van der Waals surface area contributed by atoms with Gasteiger partial charge in [-0.05, 0) is 12.1 Å². The topological polar surface area (TPSA) is 72.2 Å². The molecule has 0 radical (unpaired) electrons. The first-order valence-electron chi connectivity index (χ1n) is 5.32. The Hall–Kier alpha value is -2.28. The van der Waals surface area contributed by atoms with E-state index in [4.69, 9.17) is 0 Å². The van der Waals surface area contributed by atoms with E-state index in [1.807, 2.05) is 18.2 Å². The fourth-order valence-electron chi connectivity index (χ4n) is 1.52. The van der Waals surface area contributed by atoms with Crippen molar-refractivity contribution in [3.63, 3.8) is 0 Å². The van der Waals surface area contributed by atoms with E-state index in [1.54, 1.807) is 16.6 Å². The average molecular weight is 259 g/mol. The lowest BCUT2D eigenvalue weighted by atomic mass is 10.2. The molecule has 0 aliphatic carbocycles. The highest BCUT2D eigenvalue weighted by Crippen LogP contribution is 2.11. The maximum absolute atomic E-state index is 11.8. The molecule has 2 aromatic heterocycles. The number of nitrogens with zero attached hydrogens (tertiary/aromatic N) is 4. The summed E-state index contributed by atoms with van der Waals surface area (Å²) in [6.07, 6.45) is 1.54. The van der Waals surface area contributed by atoms with Crippen LogP contribution in [0.25, 0.3) is 4.96 Å². The second kappa shape index (κ2) is 4.53. The van der Waals surface area contributed by atoms with Crippen LogP contribution in [-0.4, -0.2) is 25.7 Å². The minimum Gasteiger partial charge on any atom is -0.345 e. The zero-order chi connectivity index (χ0) is 12.4. The number of rotatable bonds is 3. The van der Waals surface area contributed by atoms with Crippen molar-refractivity contribution in [1.82, 2.24) is 25.1 Å². The predicted octanol–water partition coefficient (Wildman–Crippen LogP) is 1.12. The Bertz CT molecular complexity index is 646. The second-order valence-electron chi connectivity index (χ2n) is 3.60. The SMILES string of the molecule is O=C(NCc1nn2cnnc2s1)c1ccccc1. The highest BCUT2D eigenvalue weighted by atomic mass is 32.1. The number of hydrogen-bond acceptors (Lipinski definition) is 5. The fraction of sp³-hybridized carbons (Fsp3) is 0.0909. The van der Waals surface area contributed by atoms with Crippen LogP contribution in [0.15, 0.2) is 36.7 Å². The van der Waals surface area contributed by atoms with Gasteiger partial charge in [0.15, 0.2) is 0 Å². The summed E-state index contributed by atoms with van der Waals surface area (Å²) in [5, 5.41) is 15.4.